The molecule has 0 heterocycles. The second kappa shape index (κ2) is 9.17. The van der Waals surface area contributed by atoms with Gasteiger partial charge in [-0.15, -0.1) is 0 Å². The van der Waals surface area contributed by atoms with Crippen LogP contribution in [0.5, 0.6) is 0 Å². The number of aryl methyl sites for hydroxylation is 2. The third-order valence-corrected chi connectivity index (χ3v) is 6.35. The molecule has 1 aliphatic carbocycles. The molecular weight excluding hydrogens is 515 g/mol. The van der Waals surface area contributed by atoms with Crippen LogP contribution < -0.4 is 16.4 Å². The monoisotopic (exact) mass is 537 g/mol. The van der Waals surface area contributed by atoms with Gasteiger partial charge in [0.05, 0.1) is 16.3 Å². The first kappa shape index (κ1) is 27.6. The summed E-state index contributed by atoms with van der Waals surface area (Å²) in [5.41, 5.74) is -0.830. The molecule has 1 saturated carbocycles. The summed E-state index contributed by atoms with van der Waals surface area (Å²) in [5.74, 6) is -0.369. The molecular formula is C24H23ClF7N3O. The van der Waals surface area contributed by atoms with Crippen LogP contribution in [0.1, 0.15) is 52.4 Å². The molecule has 0 radical (unpaired) electrons. The van der Waals surface area contributed by atoms with Gasteiger partial charge in [-0.05, 0) is 62.9 Å². The maximum absolute atomic E-state index is 14.5. The van der Waals surface area contributed by atoms with Gasteiger partial charge in [-0.25, -0.2) is 4.39 Å². The Kier molecular flexibility index (Phi) is 7.04. The number of carbonyl (C=O) groups is 1. The first-order chi connectivity index (χ1) is 16.4. The molecule has 0 atom stereocenters. The molecule has 3 rings (SSSR count). The van der Waals surface area contributed by atoms with E-state index < -0.39 is 23.6 Å². The Bertz CT molecular complexity index is 1180. The first-order valence-corrected chi connectivity index (χ1v) is 11.1. The lowest BCUT2D eigenvalue weighted by atomic mass is 9.88. The Hall–Kier alpha value is -2.95. The van der Waals surface area contributed by atoms with Crippen molar-refractivity contribution in [1.29, 1.82) is 0 Å². The molecule has 2 aromatic rings. The average molecular weight is 538 g/mol. The zero-order valence-electron chi connectivity index (χ0n) is 19.4. The highest BCUT2D eigenvalue weighted by molar-refractivity contribution is 6.34. The highest BCUT2D eigenvalue weighted by Gasteiger charge is 2.73. The van der Waals surface area contributed by atoms with Gasteiger partial charge in [0, 0.05) is 28.6 Å². The number of alkyl halides is 7. The molecule has 1 amide bonds. The summed E-state index contributed by atoms with van der Waals surface area (Å²) in [6.07, 6.45) is -9.48. The average Bonchev–Trinajstić information content (AvgIpc) is 3.46. The van der Waals surface area contributed by atoms with Crippen LogP contribution in [0.4, 0.5) is 36.4 Å². The fourth-order valence-electron chi connectivity index (χ4n) is 3.78. The van der Waals surface area contributed by atoms with E-state index in [9.17, 15) is 35.5 Å². The van der Waals surface area contributed by atoms with Crippen LogP contribution in [0, 0.1) is 13.8 Å². The molecule has 4 N–H and O–H groups in total. The van der Waals surface area contributed by atoms with Gasteiger partial charge >= 0.3 is 18.0 Å². The fourth-order valence-corrected chi connectivity index (χ4v) is 3.99. The highest BCUT2D eigenvalue weighted by atomic mass is 35.5. The van der Waals surface area contributed by atoms with Crippen molar-refractivity contribution in [3.8, 4) is 0 Å². The number of hydrogen-bond acceptors (Lipinski definition) is 3. The Morgan fingerprint density at radius 3 is 2.00 bits per heavy atom. The predicted molar refractivity (Wildman–Crippen MR) is 123 cm³/mol. The molecule has 0 spiro atoms. The van der Waals surface area contributed by atoms with Gasteiger partial charge in [-0.1, -0.05) is 23.7 Å². The Morgan fingerprint density at radius 2 is 1.53 bits per heavy atom. The largest absolute Gasteiger partial charge is 0.435 e. The molecule has 4 nitrogen and oxygen atoms in total. The van der Waals surface area contributed by atoms with E-state index in [4.69, 9.17) is 17.3 Å². The summed E-state index contributed by atoms with van der Waals surface area (Å²) < 4.78 is 93.4. The summed E-state index contributed by atoms with van der Waals surface area (Å²) >= 11 is 6.14. The lowest BCUT2D eigenvalue weighted by Gasteiger charge is -2.31. The van der Waals surface area contributed by atoms with E-state index in [1.165, 1.54) is 32.2 Å². The van der Waals surface area contributed by atoms with Crippen LogP contribution in [0.25, 0.3) is 5.70 Å². The Labute approximate surface area is 207 Å². The Morgan fingerprint density at radius 1 is 1.00 bits per heavy atom. The number of carbonyl (C=O) groups excluding carboxylic acids is 1. The van der Waals surface area contributed by atoms with Crippen molar-refractivity contribution in [3.05, 3.63) is 69.4 Å². The third-order valence-electron chi connectivity index (χ3n) is 6.02. The lowest BCUT2D eigenvalue weighted by Crippen LogP contribution is -2.50. The summed E-state index contributed by atoms with van der Waals surface area (Å²) in [7, 11) is 0. The zero-order valence-corrected chi connectivity index (χ0v) is 20.1. The molecule has 0 unspecified atom stereocenters. The summed E-state index contributed by atoms with van der Waals surface area (Å²) in [4.78, 5) is 12.5. The number of benzene rings is 2. The molecule has 36 heavy (non-hydrogen) atoms. The van der Waals surface area contributed by atoms with Gasteiger partial charge in [0.25, 0.3) is 5.91 Å². The minimum absolute atomic E-state index is 0.0357. The molecule has 0 bridgehead atoms. The van der Waals surface area contributed by atoms with Crippen molar-refractivity contribution < 1.29 is 35.5 Å². The highest BCUT2D eigenvalue weighted by Crippen LogP contribution is 2.53. The van der Waals surface area contributed by atoms with Crippen LogP contribution in [0.2, 0.25) is 5.02 Å². The van der Waals surface area contributed by atoms with E-state index in [1.54, 1.807) is 6.07 Å². The normalized spacial score (nSPS) is 16.0. The third kappa shape index (κ3) is 5.25. The van der Waals surface area contributed by atoms with E-state index in [0.717, 1.165) is 12.8 Å². The van der Waals surface area contributed by atoms with E-state index in [1.807, 2.05) is 6.92 Å². The van der Waals surface area contributed by atoms with E-state index in [2.05, 4.69) is 10.6 Å². The van der Waals surface area contributed by atoms with E-state index in [-0.39, 0.29) is 44.4 Å². The van der Waals surface area contributed by atoms with Crippen LogP contribution >= 0.6 is 11.6 Å². The second-order valence-corrected chi connectivity index (χ2v) is 9.50. The van der Waals surface area contributed by atoms with Crippen molar-refractivity contribution in [2.75, 3.05) is 5.32 Å². The Balaban J connectivity index is 1.90. The zero-order chi connectivity index (χ0) is 27.3. The van der Waals surface area contributed by atoms with Crippen molar-refractivity contribution in [2.45, 2.75) is 57.2 Å². The van der Waals surface area contributed by atoms with Crippen molar-refractivity contribution in [2.24, 2.45) is 5.73 Å². The number of halogens is 8. The molecule has 1 aliphatic rings. The minimum atomic E-state index is -6.22. The fraction of sp³-hybridized carbons (Fsp3) is 0.375. The van der Waals surface area contributed by atoms with Gasteiger partial charge in [0.1, 0.15) is 0 Å². The maximum Gasteiger partial charge on any atom is 0.435 e. The van der Waals surface area contributed by atoms with E-state index >= 15 is 0 Å². The first-order valence-electron chi connectivity index (χ1n) is 10.7. The summed E-state index contributed by atoms with van der Waals surface area (Å²) in [6.45, 7) is 4.35. The predicted octanol–water partition coefficient (Wildman–Crippen LogP) is 6.90. The molecule has 12 heteroatoms. The van der Waals surface area contributed by atoms with Gasteiger partial charge in [0.15, 0.2) is 0 Å². The number of nitrogens with one attached hydrogen (secondary N) is 2. The van der Waals surface area contributed by atoms with Gasteiger partial charge < -0.3 is 16.4 Å². The number of rotatable bonds is 6. The quantitative estimate of drug-likeness (QED) is 0.351. The molecule has 1 fully saturated rings. The molecule has 0 saturated heterocycles. The lowest BCUT2D eigenvalue weighted by molar-refractivity contribution is -0.348. The summed E-state index contributed by atoms with van der Waals surface area (Å²) in [6, 6.07) is 5.47. The topological polar surface area (TPSA) is 67.1 Å². The minimum Gasteiger partial charge on any atom is -0.397 e. The smallest absolute Gasteiger partial charge is 0.397 e. The number of amides is 1. The van der Waals surface area contributed by atoms with Crippen LogP contribution in [0.15, 0.2) is 36.5 Å². The van der Waals surface area contributed by atoms with Gasteiger partial charge in [-0.2, -0.15) is 26.3 Å². The van der Waals surface area contributed by atoms with Crippen LogP contribution in [-0.2, 0) is 5.67 Å². The van der Waals surface area contributed by atoms with Crippen molar-refractivity contribution in [1.82, 2.24) is 5.32 Å². The maximum atomic E-state index is 14.5. The number of hydrogen-bond donors (Lipinski definition) is 3. The van der Waals surface area contributed by atoms with Gasteiger partial charge in [-0.3, -0.25) is 4.79 Å². The van der Waals surface area contributed by atoms with E-state index in [0.29, 0.717) is 17.8 Å². The van der Waals surface area contributed by atoms with Crippen LogP contribution in [0.3, 0.4) is 0 Å². The van der Waals surface area contributed by atoms with Crippen LogP contribution in [-0.4, -0.2) is 23.8 Å². The van der Waals surface area contributed by atoms with Crippen molar-refractivity contribution >= 4 is 28.9 Å². The molecule has 0 aliphatic heterocycles. The number of nitrogens with two attached hydrogens (primary N) is 1. The van der Waals surface area contributed by atoms with Gasteiger partial charge in [0.2, 0.25) is 0 Å². The SMILES string of the molecule is Cc1cc(C(F)(C(F)(F)F)C(F)(F)F)cc(C)c1/C(N)=C/Nc1ccc(Cl)c(C(=O)NC2(C)CC2)c1. The molecule has 0 aromatic heterocycles. The summed E-state index contributed by atoms with van der Waals surface area (Å²) in [5, 5.41) is 5.92. The number of anilines is 1. The molecule has 196 valence electrons. The second-order valence-electron chi connectivity index (χ2n) is 9.09. The van der Waals surface area contributed by atoms with Crippen molar-refractivity contribution in [3.63, 3.8) is 0 Å². The molecule has 2 aromatic carbocycles. The standard InChI is InChI=1S/C24H23ClF7N3O/c1-12-8-14(22(26,23(27,28)29)24(30,31)32)9-13(2)19(12)18(33)11-34-15-4-5-17(25)16(10-15)20(36)35-21(3)6-7-21/h4-5,8-11,34H,6-7,33H2,1-3H3,(H,35,36)/b18-11-.